The van der Waals surface area contributed by atoms with E-state index in [0.717, 1.165) is 0 Å². The lowest BCUT2D eigenvalue weighted by Gasteiger charge is -2.15. The molecule has 0 fully saturated rings. The number of likely N-dealkylation sites (N-methyl/N-ethyl adjacent to an activating group) is 1. The van der Waals surface area contributed by atoms with Gasteiger partial charge in [-0.25, -0.2) is 0 Å². The molecule has 0 saturated heterocycles. The monoisotopic (exact) mass is 391 g/mol. The Morgan fingerprint density at radius 1 is 1.14 bits per heavy atom. The maximum Gasteiger partial charge on any atom is 0.240 e. The quantitative estimate of drug-likeness (QED) is 0.402. The van der Waals surface area contributed by atoms with Gasteiger partial charge in [0.25, 0.3) is 0 Å². The minimum Gasteiger partial charge on any atom is -0.368 e. The number of nitrogens with two attached hydrogens (primary N) is 1. The van der Waals surface area contributed by atoms with Crippen LogP contribution in [0.2, 0.25) is 0 Å². The molecule has 0 aromatic heterocycles. The van der Waals surface area contributed by atoms with Crippen LogP contribution < -0.4 is 16.4 Å². The largest absolute Gasteiger partial charge is 0.368 e. The lowest BCUT2D eigenvalue weighted by Crippen LogP contribution is -2.48. The molecule has 0 spiro atoms. The van der Waals surface area contributed by atoms with Gasteiger partial charge in [0.1, 0.15) is 6.04 Å². The number of nitrogens with one attached hydrogen (secondary N) is 3. The minimum absolute atomic E-state index is 0.0148. The first kappa shape index (κ1) is 24.9. The SMILES string of the molecule is CN(C)CC(=O)NCC(=O)NC(CCC(=O)C=N)C(N)=O.Cc1ccccc1. The summed E-state index contributed by atoms with van der Waals surface area (Å²) in [4.78, 5) is 46.7. The Morgan fingerprint density at radius 3 is 2.18 bits per heavy atom. The van der Waals surface area contributed by atoms with E-state index in [2.05, 4.69) is 29.7 Å². The van der Waals surface area contributed by atoms with Gasteiger partial charge in [0, 0.05) is 6.42 Å². The van der Waals surface area contributed by atoms with Crippen LogP contribution in [-0.2, 0) is 19.2 Å². The summed E-state index contributed by atoms with van der Waals surface area (Å²) in [5, 5.41) is 11.5. The van der Waals surface area contributed by atoms with Crippen molar-refractivity contribution in [1.29, 1.82) is 5.41 Å². The van der Waals surface area contributed by atoms with Crippen LogP contribution in [0.5, 0.6) is 0 Å². The smallest absolute Gasteiger partial charge is 0.240 e. The van der Waals surface area contributed by atoms with E-state index < -0.39 is 23.6 Å². The lowest BCUT2D eigenvalue weighted by atomic mass is 10.1. The van der Waals surface area contributed by atoms with E-state index in [4.69, 9.17) is 11.1 Å². The molecule has 1 aromatic rings. The van der Waals surface area contributed by atoms with Gasteiger partial charge < -0.3 is 26.7 Å². The molecule has 0 aliphatic heterocycles. The summed E-state index contributed by atoms with van der Waals surface area (Å²) in [6.07, 6.45) is 0.590. The van der Waals surface area contributed by atoms with Crippen LogP contribution in [0, 0.1) is 12.3 Å². The fraction of sp³-hybridized carbons (Fsp3) is 0.421. The highest BCUT2D eigenvalue weighted by molar-refractivity contribution is 6.26. The molecular formula is C19H29N5O4. The van der Waals surface area contributed by atoms with E-state index in [1.807, 2.05) is 18.2 Å². The number of carbonyl (C=O) groups is 4. The van der Waals surface area contributed by atoms with E-state index in [1.165, 1.54) is 5.56 Å². The van der Waals surface area contributed by atoms with Crippen molar-refractivity contribution in [3.63, 3.8) is 0 Å². The molecule has 1 rings (SSSR count). The minimum atomic E-state index is -1.01. The van der Waals surface area contributed by atoms with Crippen molar-refractivity contribution < 1.29 is 19.2 Å². The average Bonchev–Trinajstić information content (AvgIpc) is 2.63. The molecule has 1 aromatic carbocycles. The molecule has 28 heavy (non-hydrogen) atoms. The second kappa shape index (κ2) is 14.0. The van der Waals surface area contributed by atoms with Crippen molar-refractivity contribution in [2.45, 2.75) is 25.8 Å². The standard InChI is InChI=1S/C12H21N5O4.C7H8/c1-17(2)7-11(20)15-6-10(19)16-9(12(14)21)4-3-8(18)5-13;1-7-5-3-2-4-6-7/h5,9,13H,3-4,6-7H2,1-2H3,(H2,14,21)(H,15,20)(H,16,19);2-6H,1H3. The fourth-order valence-corrected chi connectivity index (χ4v) is 1.95. The number of primary amides is 1. The number of hydrogen-bond donors (Lipinski definition) is 4. The Bertz CT molecular complexity index is 662. The van der Waals surface area contributed by atoms with Gasteiger partial charge in [0.2, 0.25) is 17.7 Å². The van der Waals surface area contributed by atoms with E-state index in [9.17, 15) is 19.2 Å². The van der Waals surface area contributed by atoms with Gasteiger partial charge in [-0.1, -0.05) is 35.9 Å². The molecule has 0 aliphatic carbocycles. The van der Waals surface area contributed by atoms with Crippen LogP contribution in [-0.4, -0.2) is 67.8 Å². The second-order valence-corrected chi connectivity index (χ2v) is 6.34. The van der Waals surface area contributed by atoms with Crippen molar-refractivity contribution in [2.75, 3.05) is 27.2 Å². The molecular weight excluding hydrogens is 362 g/mol. The Balaban J connectivity index is 0.000000861. The summed E-state index contributed by atoms with van der Waals surface area (Å²) < 4.78 is 0. The topological polar surface area (TPSA) is 145 Å². The van der Waals surface area contributed by atoms with E-state index in [-0.39, 0.29) is 31.8 Å². The van der Waals surface area contributed by atoms with Gasteiger partial charge in [-0.15, -0.1) is 0 Å². The van der Waals surface area contributed by atoms with E-state index in [0.29, 0.717) is 6.21 Å². The summed E-state index contributed by atoms with van der Waals surface area (Å²) in [6.45, 7) is 1.94. The van der Waals surface area contributed by atoms with Gasteiger partial charge in [-0.05, 0) is 27.4 Å². The summed E-state index contributed by atoms with van der Waals surface area (Å²) >= 11 is 0. The summed E-state index contributed by atoms with van der Waals surface area (Å²) in [5.74, 6) is -2.14. The first-order chi connectivity index (χ1) is 13.1. The van der Waals surface area contributed by atoms with Crippen LogP contribution >= 0.6 is 0 Å². The molecule has 0 heterocycles. The number of rotatable bonds is 10. The van der Waals surface area contributed by atoms with Crippen LogP contribution in [0.3, 0.4) is 0 Å². The highest BCUT2D eigenvalue weighted by Crippen LogP contribution is 1.97. The zero-order valence-electron chi connectivity index (χ0n) is 16.5. The third-order valence-corrected chi connectivity index (χ3v) is 3.37. The van der Waals surface area contributed by atoms with Gasteiger partial charge >= 0.3 is 0 Å². The number of nitrogens with zero attached hydrogens (tertiary/aromatic N) is 1. The van der Waals surface area contributed by atoms with Gasteiger partial charge in [0.15, 0.2) is 5.78 Å². The number of amides is 3. The molecule has 0 radical (unpaired) electrons. The zero-order chi connectivity index (χ0) is 21.5. The Morgan fingerprint density at radius 2 is 1.75 bits per heavy atom. The maximum absolute atomic E-state index is 11.6. The molecule has 9 heteroatoms. The van der Waals surface area contributed by atoms with Crippen molar-refractivity contribution in [2.24, 2.45) is 5.73 Å². The number of hydrogen-bond acceptors (Lipinski definition) is 6. The Kier molecular flexibility index (Phi) is 12.5. The van der Waals surface area contributed by atoms with Crippen LogP contribution in [0.15, 0.2) is 30.3 Å². The summed E-state index contributed by atoms with van der Waals surface area (Å²) in [6, 6.07) is 9.25. The van der Waals surface area contributed by atoms with Gasteiger partial charge in [-0.2, -0.15) is 0 Å². The predicted molar refractivity (Wildman–Crippen MR) is 107 cm³/mol. The lowest BCUT2D eigenvalue weighted by molar-refractivity contribution is -0.129. The molecule has 1 unspecified atom stereocenters. The molecule has 5 N–H and O–H groups in total. The number of carbonyl (C=O) groups excluding carboxylic acids is 4. The summed E-state index contributed by atoms with van der Waals surface area (Å²) in [7, 11) is 3.42. The number of aryl methyl sites for hydroxylation is 1. The normalized spacial score (nSPS) is 10.9. The summed E-state index contributed by atoms with van der Waals surface area (Å²) in [5.41, 5.74) is 6.44. The van der Waals surface area contributed by atoms with Gasteiger partial charge in [0.05, 0.1) is 19.3 Å². The molecule has 0 saturated carbocycles. The van der Waals surface area contributed by atoms with E-state index in [1.54, 1.807) is 19.0 Å². The molecule has 1 atom stereocenters. The number of benzene rings is 1. The van der Waals surface area contributed by atoms with E-state index >= 15 is 0 Å². The van der Waals surface area contributed by atoms with Crippen molar-refractivity contribution >= 4 is 29.7 Å². The number of Topliss-reactive ketones (excluding diaryl/α,β-unsaturated/α-hetero) is 1. The van der Waals surface area contributed by atoms with Gasteiger partial charge in [-0.3, -0.25) is 19.2 Å². The molecule has 9 nitrogen and oxygen atoms in total. The average molecular weight is 391 g/mol. The highest BCUT2D eigenvalue weighted by atomic mass is 16.2. The maximum atomic E-state index is 11.6. The van der Waals surface area contributed by atoms with Crippen molar-refractivity contribution in [3.05, 3.63) is 35.9 Å². The molecule has 154 valence electrons. The Labute approximate surface area is 165 Å². The predicted octanol–water partition coefficient (Wildman–Crippen LogP) is -0.372. The zero-order valence-corrected chi connectivity index (χ0v) is 16.5. The molecule has 3 amide bonds. The number of ketones is 1. The van der Waals surface area contributed by atoms with Crippen LogP contribution in [0.25, 0.3) is 0 Å². The second-order valence-electron chi connectivity index (χ2n) is 6.34. The first-order valence-corrected chi connectivity index (χ1v) is 8.70. The third kappa shape index (κ3) is 13.2. The first-order valence-electron chi connectivity index (χ1n) is 8.70. The van der Waals surface area contributed by atoms with Crippen molar-refractivity contribution in [3.8, 4) is 0 Å². The fourth-order valence-electron chi connectivity index (χ4n) is 1.95. The third-order valence-electron chi connectivity index (χ3n) is 3.37. The van der Waals surface area contributed by atoms with Crippen LogP contribution in [0.1, 0.15) is 18.4 Å². The Hall–Kier alpha value is -3.07. The highest BCUT2D eigenvalue weighted by Gasteiger charge is 2.19. The molecule has 0 aliphatic rings. The molecule has 0 bridgehead atoms. The van der Waals surface area contributed by atoms with Crippen molar-refractivity contribution in [1.82, 2.24) is 15.5 Å². The van der Waals surface area contributed by atoms with Crippen LogP contribution in [0.4, 0.5) is 0 Å².